The Morgan fingerprint density at radius 1 is 0.800 bits per heavy atom. The maximum atomic E-state index is 8.74. The molecule has 0 aliphatic rings. The van der Waals surface area contributed by atoms with Crippen molar-refractivity contribution in [1.29, 1.82) is 0 Å². The minimum atomic E-state index is 0.292. The van der Waals surface area contributed by atoms with E-state index < -0.39 is 0 Å². The van der Waals surface area contributed by atoms with Gasteiger partial charge in [0.2, 0.25) is 0 Å². The molecule has 2 aromatic carbocycles. The molecule has 0 bridgehead atoms. The van der Waals surface area contributed by atoms with Gasteiger partial charge in [-0.2, -0.15) is 0 Å². The molecule has 2 aromatic rings. The Morgan fingerprint density at radius 3 is 2.12 bits per heavy atom. The lowest BCUT2D eigenvalue weighted by atomic mass is 10.1. The monoisotopic (exact) mass is 341 g/mol. The predicted octanol–water partition coefficient (Wildman–Crippen LogP) is 4.52. The molecule has 2 rings (SSSR count). The molecule has 3 nitrogen and oxygen atoms in total. The third-order valence-electron chi connectivity index (χ3n) is 4.18. The molecule has 0 saturated carbocycles. The van der Waals surface area contributed by atoms with Crippen LogP contribution >= 0.6 is 0 Å². The summed E-state index contributed by atoms with van der Waals surface area (Å²) in [4.78, 5) is 0. The van der Waals surface area contributed by atoms with Crippen molar-refractivity contribution in [1.82, 2.24) is 5.32 Å². The molecule has 2 N–H and O–H groups in total. The van der Waals surface area contributed by atoms with E-state index in [0.717, 1.165) is 51.1 Å². The second-order valence-corrected chi connectivity index (χ2v) is 6.73. The summed E-state index contributed by atoms with van der Waals surface area (Å²) in [6.07, 6.45) is 4.12. The first-order valence-corrected chi connectivity index (χ1v) is 9.28. The molecule has 25 heavy (non-hydrogen) atoms. The minimum absolute atomic E-state index is 0.292. The molecule has 0 saturated heterocycles. The van der Waals surface area contributed by atoms with Crippen molar-refractivity contribution < 1.29 is 9.84 Å². The summed E-state index contributed by atoms with van der Waals surface area (Å²) < 4.78 is 5.76. The van der Waals surface area contributed by atoms with Crippen molar-refractivity contribution in [3.63, 3.8) is 0 Å². The fraction of sp³-hybridized carbons (Fsp3) is 0.455. The predicted molar refractivity (Wildman–Crippen MR) is 104 cm³/mol. The third kappa shape index (κ3) is 7.72. The van der Waals surface area contributed by atoms with Crippen LogP contribution in [0.25, 0.3) is 0 Å². The molecule has 0 heterocycles. The summed E-state index contributed by atoms with van der Waals surface area (Å²) >= 11 is 0. The third-order valence-corrected chi connectivity index (χ3v) is 4.18. The van der Waals surface area contributed by atoms with Crippen molar-refractivity contribution in [2.24, 2.45) is 0 Å². The van der Waals surface area contributed by atoms with Gasteiger partial charge in [0.15, 0.2) is 0 Å². The molecule has 0 amide bonds. The normalized spacial score (nSPS) is 10.8. The van der Waals surface area contributed by atoms with Crippen LogP contribution in [-0.2, 0) is 13.1 Å². The molecule has 0 aliphatic carbocycles. The number of hydrogen-bond donors (Lipinski definition) is 2. The molecule has 0 radical (unpaired) electrons. The van der Waals surface area contributed by atoms with Crippen LogP contribution in [0.1, 0.15) is 47.9 Å². The number of rotatable bonds is 11. The molecule has 0 aromatic heterocycles. The van der Waals surface area contributed by atoms with Crippen LogP contribution in [0, 0.1) is 13.8 Å². The van der Waals surface area contributed by atoms with Crippen LogP contribution in [0.3, 0.4) is 0 Å². The zero-order chi connectivity index (χ0) is 17.9. The summed E-state index contributed by atoms with van der Waals surface area (Å²) in [7, 11) is 0. The Morgan fingerprint density at radius 2 is 1.44 bits per heavy atom. The standard InChI is InChI=1S/C22H31NO2/c1-18-13-19(2)15-21(14-18)17-23-16-20-7-9-22(10-8-20)25-12-6-4-3-5-11-24/h7-10,13-15,23-24H,3-6,11-12,16-17H2,1-2H3. The molecule has 3 heteroatoms. The second-order valence-electron chi connectivity index (χ2n) is 6.73. The van der Waals surface area contributed by atoms with E-state index in [0.29, 0.717) is 6.61 Å². The van der Waals surface area contributed by atoms with Crippen molar-refractivity contribution in [3.05, 3.63) is 64.7 Å². The van der Waals surface area contributed by atoms with Gasteiger partial charge in [0.05, 0.1) is 6.61 Å². The number of nitrogens with one attached hydrogen (secondary N) is 1. The van der Waals surface area contributed by atoms with Gasteiger partial charge in [0, 0.05) is 19.7 Å². The van der Waals surface area contributed by atoms with Crippen molar-refractivity contribution in [2.75, 3.05) is 13.2 Å². The van der Waals surface area contributed by atoms with E-state index in [1.165, 1.54) is 22.3 Å². The topological polar surface area (TPSA) is 41.5 Å². The number of aliphatic hydroxyl groups excluding tert-OH is 1. The Balaban J connectivity index is 1.67. The van der Waals surface area contributed by atoms with Crippen LogP contribution in [0.2, 0.25) is 0 Å². The lowest BCUT2D eigenvalue weighted by Gasteiger charge is -2.09. The maximum Gasteiger partial charge on any atom is 0.119 e. The lowest BCUT2D eigenvalue weighted by Crippen LogP contribution is -2.12. The Labute approximate surface area is 152 Å². The quantitative estimate of drug-likeness (QED) is 0.590. The smallest absolute Gasteiger partial charge is 0.119 e. The highest BCUT2D eigenvalue weighted by molar-refractivity contribution is 5.29. The van der Waals surface area contributed by atoms with E-state index in [9.17, 15) is 0 Å². The van der Waals surface area contributed by atoms with Crippen LogP contribution in [0.15, 0.2) is 42.5 Å². The average Bonchev–Trinajstić information content (AvgIpc) is 2.58. The second kappa shape index (κ2) is 10.9. The van der Waals surface area contributed by atoms with Gasteiger partial charge in [-0.25, -0.2) is 0 Å². The zero-order valence-electron chi connectivity index (χ0n) is 15.6. The van der Waals surface area contributed by atoms with Crippen LogP contribution in [-0.4, -0.2) is 18.3 Å². The number of hydrogen-bond acceptors (Lipinski definition) is 3. The van der Waals surface area contributed by atoms with Gasteiger partial charge in [-0.3, -0.25) is 0 Å². The SMILES string of the molecule is Cc1cc(C)cc(CNCc2ccc(OCCCCCCO)cc2)c1. The Hall–Kier alpha value is -1.84. The van der Waals surface area contributed by atoms with E-state index in [-0.39, 0.29) is 0 Å². The first-order valence-electron chi connectivity index (χ1n) is 9.28. The van der Waals surface area contributed by atoms with Crippen molar-refractivity contribution in [3.8, 4) is 5.75 Å². The highest BCUT2D eigenvalue weighted by Crippen LogP contribution is 2.14. The minimum Gasteiger partial charge on any atom is -0.494 e. The van der Waals surface area contributed by atoms with Crippen LogP contribution < -0.4 is 10.1 Å². The highest BCUT2D eigenvalue weighted by atomic mass is 16.5. The van der Waals surface area contributed by atoms with Gasteiger partial charge in [-0.15, -0.1) is 0 Å². The summed E-state index contributed by atoms with van der Waals surface area (Å²) in [6, 6.07) is 15.0. The lowest BCUT2D eigenvalue weighted by molar-refractivity contribution is 0.273. The van der Waals surface area contributed by atoms with Crippen LogP contribution in [0.4, 0.5) is 0 Å². The van der Waals surface area contributed by atoms with E-state index >= 15 is 0 Å². The van der Waals surface area contributed by atoms with Gasteiger partial charge < -0.3 is 15.2 Å². The molecule has 0 unspecified atom stereocenters. The first kappa shape index (κ1) is 19.5. The average molecular weight is 341 g/mol. The summed E-state index contributed by atoms with van der Waals surface area (Å²) in [5.74, 6) is 0.931. The fourth-order valence-electron chi connectivity index (χ4n) is 2.98. The Bertz CT molecular complexity index is 602. The van der Waals surface area contributed by atoms with Gasteiger partial charge in [0.1, 0.15) is 5.75 Å². The van der Waals surface area contributed by atoms with Crippen molar-refractivity contribution >= 4 is 0 Å². The van der Waals surface area contributed by atoms with Gasteiger partial charge in [-0.1, -0.05) is 47.9 Å². The molecule has 0 fully saturated rings. The molecular weight excluding hydrogens is 310 g/mol. The molecule has 0 atom stereocenters. The molecular formula is C22H31NO2. The number of benzene rings is 2. The van der Waals surface area contributed by atoms with Gasteiger partial charge >= 0.3 is 0 Å². The Kier molecular flexibility index (Phi) is 8.50. The van der Waals surface area contributed by atoms with E-state index in [2.05, 4.69) is 49.5 Å². The summed E-state index contributed by atoms with van der Waals surface area (Å²) in [5, 5.41) is 12.2. The van der Waals surface area contributed by atoms with Crippen LogP contribution in [0.5, 0.6) is 5.75 Å². The first-order chi connectivity index (χ1) is 12.2. The molecule has 0 spiro atoms. The highest BCUT2D eigenvalue weighted by Gasteiger charge is 1.99. The number of aryl methyl sites for hydroxylation is 2. The van der Waals surface area contributed by atoms with E-state index in [4.69, 9.17) is 9.84 Å². The number of unbranched alkanes of at least 4 members (excludes halogenated alkanes) is 3. The molecule has 0 aliphatic heterocycles. The van der Waals surface area contributed by atoms with Gasteiger partial charge in [0.25, 0.3) is 0 Å². The summed E-state index contributed by atoms with van der Waals surface area (Å²) in [5.41, 5.74) is 5.22. The van der Waals surface area contributed by atoms with E-state index in [1.54, 1.807) is 0 Å². The fourth-order valence-corrected chi connectivity index (χ4v) is 2.98. The number of ether oxygens (including phenoxy) is 1. The largest absolute Gasteiger partial charge is 0.494 e. The molecule has 136 valence electrons. The number of aliphatic hydroxyl groups is 1. The van der Waals surface area contributed by atoms with Gasteiger partial charge in [-0.05, 0) is 56.4 Å². The zero-order valence-corrected chi connectivity index (χ0v) is 15.6. The van der Waals surface area contributed by atoms with E-state index in [1.807, 2.05) is 12.1 Å². The summed E-state index contributed by atoms with van der Waals surface area (Å²) in [6.45, 7) is 7.06. The maximum absolute atomic E-state index is 8.74. The van der Waals surface area contributed by atoms with Crippen molar-refractivity contribution in [2.45, 2.75) is 52.6 Å².